The average molecular weight is 398 g/mol. The van der Waals surface area contributed by atoms with Crippen LogP contribution in [0.5, 0.6) is 5.75 Å². The second-order valence-electron chi connectivity index (χ2n) is 5.11. The minimum absolute atomic E-state index is 0.153. The van der Waals surface area contributed by atoms with Crippen LogP contribution >= 0.6 is 11.6 Å². The van der Waals surface area contributed by atoms with E-state index >= 15 is 0 Å². The lowest BCUT2D eigenvalue weighted by Crippen LogP contribution is -2.41. The summed E-state index contributed by atoms with van der Waals surface area (Å²) in [6.07, 6.45) is 0. The molecule has 0 bridgehead atoms. The molecule has 138 valence electrons. The predicted octanol–water partition coefficient (Wildman–Crippen LogP) is 1.93. The molecule has 2 aromatic carbocycles. The first-order valence-electron chi connectivity index (χ1n) is 7.26. The van der Waals surface area contributed by atoms with Crippen LogP contribution < -0.4 is 20.3 Å². The van der Waals surface area contributed by atoms with Crippen LogP contribution in [0.1, 0.15) is 17.3 Å². The van der Waals surface area contributed by atoms with Crippen molar-refractivity contribution in [3.63, 3.8) is 0 Å². The van der Waals surface area contributed by atoms with Gasteiger partial charge in [-0.05, 0) is 36.4 Å². The van der Waals surface area contributed by atoms with Crippen LogP contribution in [-0.2, 0) is 14.8 Å². The number of hydrazine groups is 1. The summed E-state index contributed by atoms with van der Waals surface area (Å²) >= 11 is 5.74. The van der Waals surface area contributed by atoms with E-state index in [4.69, 9.17) is 16.3 Å². The fourth-order valence-electron chi connectivity index (χ4n) is 1.98. The van der Waals surface area contributed by atoms with Crippen molar-refractivity contribution >= 4 is 39.1 Å². The SMILES string of the molecule is COc1cc(S(=O)(=O)NNC(=O)c2ccc(Cl)cc2)ccc1NC(C)=O. The normalized spacial score (nSPS) is 10.9. The third-order valence-electron chi connectivity index (χ3n) is 3.20. The lowest BCUT2D eigenvalue weighted by Gasteiger charge is -2.12. The van der Waals surface area contributed by atoms with E-state index in [1.807, 2.05) is 4.83 Å². The number of hydrogen-bond donors (Lipinski definition) is 3. The molecule has 8 nitrogen and oxygen atoms in total. The van der Waals surface area contributed by atoms with Gasteiger partial charge in [0.25, 0.3) is 15.9 Å². The van der Waals surface area contributed by atoms with Gasteiger partial charge < -0.3 is 10.1 Å². The first-order valence-corrected chi connectivity index (χ1v) is 9.12. The Morgan fingerprint density at radius 1 is 1.08 bits per heavy atom. The molecular formula is C16H16ClN3O5S. The summed E-state index contributed by atoms with van der Waals surface area (Å²) in [6.45, 7) is 1.32. The highest BCUT2D eigenvalue weighted by molar-refractivity contribution is 7.89. The molecule has 0 heterocycles. The minimum Gasteiger partial charge on any atom is -0.495 e. The molecule has 0 saturated carbocycles. The number of methoxy groups -OCH3 is 1. The number of halogens is 1. The smallest absolute Gasteiger partial charge is 0.266 e. The quantitative estimate of drug-likeness (QED) is 0.644. The van der Waals surface area contributed by atoms with E-state index in [1.165, 1.54) is 56.5 Å². The van der Waals surface area contributed by atoms with E-state index < -0.39 is 15.9 Å². The van der Waals surface area contributed by atoms with Gasteiger partial charge in [0, 0.05) is 23.6 Å². The molecule has 0 radical (unpaired) electrons. The Balaban J connectivity index is 2.15. The Hall–Kier alpha value is -2.62. The molecule has 0 atom stereocenters. The van der Waals surface area contributed by atoms with Crippen LogP contribution in [0.2, 0.25) is 5.02 Å². The van der Waals surface area contributed by atoms with Crippen LogP contribution in [0.4, 0.5) is 5.69 Å². The van der Waals surface area contributed by atoms with Crippen molar-refractivity contribution in [2.75, 3.05) is 12.4 Å². The van der Waals surface area contributed by atoms with Crippen molar-refractivity contribution in [2.24, 2.45) is 0 Å². The molecule has 2 rings (SSSR count). The molecule has 0 aliphatic heterocycles. The summed E-state index contributed by atoms with van der Waals surface area (Å²) in [7, 11) is -2.71. The predicted molar refractivity (Wildman–Crippen MR) is 96.5 cm³/mol. The lowest BCUT2D eigenvalue weighted by molar-refractivity contribution is -0.114. The van der Waals surface area contributed by atoms with Crippen LogP contribution in [-0.4, -0.2) is 27.3 Å². The Morgan fingerprint density at radius 3 is 2.31 bits per heavy atom. The first kappa shape index (κ1) is 19.7. The van der Waals surface area contributed by atoms with E-state index in [-0.39, 0.29) is 22.1 Å². The van der Waals surface area contributed by atoms with E-state index in [0.717, 1.165) is 0 Å². The zero-order valence-electron chi connectivity index (χ0n) is 13.9. The van der Waals surface area contributed by atoms with E-state index in [0.29, 0.717) is 10.7 Å². The summed E-state index contributed by atoms with van der Waals surface area (Å²) in [5.41, 5.74) is 2.67. The van der Waals surface area contributed by atoms with Crippen molar-refractivity contribution in [1.82, 2.24) is 10.3 Å². The molecule has 3 N–H and O–H groups in total. The van der Waals surface area contributed by atoms with Gasteiger partial charge in [0.05, 0.1) is 17.7 Å². The molecule has 0 spiro atoms. The van der Waals surface area contributed by atoms with Gasteiger partial charge in [0.15, 0.2) is 0 Å². The molecular weight excluding hydrogens is 382 g/mol. The number of ether oxygens (including phenoxy) is 1. The monoisotopic (exact) mass is 397 g/mol. The van der Waals surface area contributed by atoms with Gasteiger partial charge in [0.2, 0.25) is 5.91 Å². The van der Waals surface area contributed by atoms with Crippen molar-refractivity contribution in [2.45, 2.75) is 11.8 Å². The minimum atomic E-state index is -4.05. The molecule has 10 heteroatoms. The van der Waals surface area contributed by atoms with Crippen molar-refractivity contribution in [3.05, 3.63) is 53.1 Å². The average Bonchev–Trinajstić information content (AvgIpc) is 2.60. The van der Waals surface area contributed by atoms with Crippen LogP contribution in [0.3, 0.4) is 0 Å². The number of rotatable bonds is 6. The summed E-state index contributed by atoms with van der Waals surface area (Å²) in [5.74, 6) is -0.813. The molecule has 2 aromatic rings. The number of carbonyl (C=O) groups excluding carboxylic acids is 2. The van der Waals surface area contributed by atoms with Crippen LogP contribution in [0.15, 0.2) is 47.4 Å². The maximum atomic E-state index is 12.3. The third-order valence-corrected chi connectivity index (χ3v) is 4.70. The van der Waals surface area contributed by atoms with Gasteiger partial charge >= 0.3 is 0 Å². The van der Waals surface area contributed by atoms with Gasteiger partial charge in [-0.25, -0.2) is 8.42 Å². The third kappa shape index (κ3) is 4.94. The fraction of sp³-hybridized carbons (Fsp3) is 0.125. The Morgan fingerprint density at radius 2 is 1.73 bits per heavy atom. The summed E-state index contributed by atoms with van der Waals surface area (Å²) in [4.78, 5) is 25.0. The van der Waals surface area contributed by atoms with Crippen molar-refractivity contribution in [3.8, 4) is 5.75 Å². The largest absolute Gasteiger partial charge is 0.495 e. The fourth-order valence-corrected chi connectivity index (χ4v) is 2.96. The van der Waals surface area contributed by atoms with Crippen LogP contribution in [0, 0.1) is 0 Å². The van der Waals surface area contributed by atoms with Gasteiger partial charge in [0.1, 0.15) is 5.75 Å². The van der Waals surface area contributed by atoms with E-state index in [1.54, 1.807) is 0 Å². The Bertz CT molecular complexity index is 929. The van der Waals surface area contributed by atoms with Gasteiger partial charge in [-0.3, -0.25) is 15.0 Å². The molecule has 0 unspecified atom stereocenters. The first-order chi connectivity index (χ1) is 12.2. The molecule has 0 saturated heterocycles. The zero-order valence-corrected chi connectivity index (χ0v) is 15.4. The standard InChI is InChI=1S/C16H16ClN3O5S/c1-10(21)18-14-8-7-13(9-15(14)25-2)26(23,24)20-19-16(22)11-3-5-12(17)6-4-11/h3-9,20H,1-2H3,(H,18,21)(H,19,22). The Labute approximate surface area is 155 Å². The Kier molecular flexibility index (Phi) is 6.19. The number of nitrogens with one attached hydrogen (secondary N) is 3. The number of anilines is 1. The maximum Gasteiger partial charge on any atom is 0.266 e. The van der Waals surface area contributed by atoms with Gasteiger partial charge in [-0.2, -0.15) is 0 Å². The maximum absolute atomic E-state index is 12.3. The molecule has 0 fully saturated rings. The zero-order chi connectivity index (χ0) is 19.3. The topological polar surface area (TPSA) is 114 Å². The summed E-state index contributed by atoms with van der Waals surface area (Å²) in [6, 6.07) is 9.81. The van der Waals surface area contributed by atoms with E-state index in [2.05, 4.69) is 10.7 Å². The lowest BCUT2D eigenvalue weighted by atomic mass is 10.2. The second kappa shape index (κ2) is 8.17. The highest BCUT2D eigenvalue weighted by atomic mass is 35.5. The van der Waals surface area contributed by atoms with Crippen molar-refractivity contribution < 1.29 is 22.7 Å². The number of amides is 2. The number of sulfonamides is 1. The molecule has 0 aliphatic carbocycles. The van der Waals surface area contributed by atoms with E-state index in [9.17, 15) is 18.0 Å². The van der Waals surface area contributed by atoms with Crippen LogP contribution in [0.25, 0.3) is 0 Å². The molecule has 26 heavy (non-hydrogen) atoms. The number of hydrogen-bond acceptors (Lipinski definition) is 5. The summed E-state index contributed by atoms with van der Waals surface area (Å²) < 4.78 is 29.7. The highest BCUT2D eigenvalue weighted by Gasteiger charge is 2.18. The summed E-state index contributed by atoms with van der Waals surface area (Å²) in [5, 5.41) is 2.97. The highest BCUT2D eigenvalue weighted by Crippen LogP contribution is 2.27. The van der Waals surface area contributed by atoms with Gasteiger partial charge in [-0.15, -0.1) is 4.83 Å². The van der Waals surface area contributed by atoms with Crippen molar-refractivity contribution in [1.29, 1.82) is 0 Å². The second-order valence-corrected chi connectivity index (χ2v) is 7.23. The molecule has 0 aliphatic rings. The van der Waals surface area contributed by atoms with Gasteiger partial charge in [-0.1, -0.05) is 11.6 Å². The number of carbonyl (C=O) groups is 2. The molecule has 2 amide bonds. The number of benzene rings is 2. The molecule has 0 aromatic heterocycles.